The van der Waals surface area contributed by atoms with E-state index in [0.717, 1.165) is 0 Å². The molecule has 0 spiro atoms. The molecule has 0 aromatic carbocycles. The Kier molecular flexibility index (Phi) is 10.2. The topological polar surface area (TPSA) is 148 Å². The van der Waals surface area contributed by atoms with Crippen molar-refractivity contribution >= 4 is 17.8 Å². The molecule has 23 heavy (non-hydrogen) atoms. The van der Waals surface area contributed by atoms with Gasteiger partial charge in [-0.3, -0.25) is 9.59 Å². The molecule has 8 heteroatoms. The predicted molar refractivity (Wildman–Crippen MR) is 87.5 cm³/mol. The molecule has 0 rings (SSSR count). The number of hydrogen-bond acceptors (Lipinski definition) is 5. The minimum absolute atomic E-state index is 0.263. The largest absolute Gasteiger partial charge is 0.480 e. The van der Waals surface area contributed by atoms with Crippen molar-refractivity contribution in [3.8, 4) is 0 Å². The molecule has 134 valence electrons. The highest BCUT2D eigenvalue weighted by atomic mass is 16.4. The number of carboxylic acids is 1. The normalized spacial score (nSPS) is 14.9. The van der Waals surface area contributed by atoms with E-state index in [1.54, 1.807) is 0 Å². The average Bonchev–Trinajstić information content (AvgIpc) is 2.44. The molecule has 3 unspecified atom stereocenters. The second kappa shape index (κ2) is 11.0. The summed E-state index contributed by atoms with van der Waals surface area (Å²) in [6.45, 7) is 5.86. The maximum Gasteiger partial charge on any atom is 0.326 e. The smallest absolute Gasteiger partial charge is 0.326 e. The van der Waals surface area contributed by atoms with E-state index in [2.05, 4.69) is 10.6 Å². The van der Waals surface area contributed by atoms with E-state index in [9.17, 15) is 14.4 Å². The molecule has 0 saturated carbocycles. The molecule has 0 radical (unpaired) electrons. The van der Waals surface area contributed by atoms with Crippen molar-refractivity contribution in [3.63, 3.8) is 0 Å². The van der Waals surface area contributed by atoms with Crippen molar-refractivity contribution in [1.82, 2.24) is 10.6 Å². The Hall–Kier alpha value is -1.67. The van der Waals surface area contributed by atoms with Crippen LogP contribution in [0.1, 0.15) is 46.5 Å². The Labute approximate surface area is 137 Å². The van der Waals surface area contributed by atoms with Crippen molar-refractivity contribution in [1.29, 1.82) is 0 Å². The number of hydrogen-bond donors (Lipinski definition) is 5. The van der Waals surface area contributed by atoms with Crippen molar-refractivity contribution in [2.24, 2.45) is 17.4 Å². The number of carbonyl (C=O) groups excluding carboxylic acids is 2. The quantitative estimate of drug-likeness (QED) is 0.324. The summed E-state index contributed by atoms with van der Waals surface area (Å²) in [5.74, 6) is -1.81. The van der Waals surface area contributed by atoms with Crippen molar-refractivity contribution in [2.45, 2.75) is 64.6 Å². The number of aliphatic carboxylic acids is 1. The summed E-state index contributed by atoms with van der Waals surface area (Å²) < 4.78 is 0. The summed E-state index contributed by atoms with van der Waals surface area (Å²) >= 11 is 0. The molecule has 0 aliphatic rings. The third-order valence-corrected chi connectivity index (χ3v) is 3.38. The molecule has 2 amide bonds. The van der Waals surface area contributed by atoms with Crippen LogP contribution in [-0.2, 0) is 14.4 Å². The molecule has 3 atom stereocenters. The van der Waals surface area contributed by atoms with E-state index < -0.39 is 35.9 Å². The molecule has 7 N–H and O–H groups in total. The fourth-order valence-corrected chi connectivity index (χ4v) is 2.05. The summed E-state index contributed by atoms with van der Waals surface area (Å²) in [4.78, 5) is 35.0. The third-order valence-electron chi connectivity index (χ3n) is 3.38. The van der Waals surface area contributed by atoms with Gasteiger partial charge in [-0.05, 0) is 45.1 Å². The van der Waals surface area contributed by atoms with E-state index in [-0.39, 0.29) is 5.92 Å². The van der Waals surface area contributed by atoms with Crippen LogP contribution in [0.4, 0.5) is 0 Å². The molecule has 0 fully saturated rings. The van der Waals surface area contributed by atoms with Gasteiger partial charge in [-0.15, -0.1) is 0 Å². The molecule has 0 saturated heterocycles. The number of rotatable bonds is 11. The van der Waals surface area contributed by atoms with Crippen LogP contribution in [0, 0.1) is 5.92 Å². The van der Waals surface area contributed by atoms with E-state index in [1.807, 2.05) is 13.8 Å². The zero-order valence-corrected chi connectivity index (χ0v) is 14.2. The van der Waals surface area contributed by atoms with Gasteiger partial charge in [0, 0.05) is 0 Å². The van der Waals surface area contributed by atoms with Crippen LogP contribution in [0.25, 0.3) is 0 Å². The summed E-state index contributed by atoms with van der Waals surface area (Å²) in [6.07, 6.45) is 2.10. The van der Waals surface area contributed by atoms with E-state index in [0.29, 0.717) is 32.2 Å². The zero-order valence-electron chi connectivity index (χ0n) is 14.2. The van der Waals surface area contributed by atoms with Crippen LogP contribution in [-0.4, -0.2) is 47.6 Å². The second-order valence-corrected chi connectivity index (χ2v) is 6.15. The van der Waals surface area contributed by atoms with Crippen LogP contribution in [0.15, 0.2) is 0 Å². The van der Waals surface area contributed by atoms with Crippen LogP contribution < -0.4 is 22.1 Å². The van der Waals surface area contributed by atoms with Crippen LogP contribution in [0.2, 0.25) is 0 Å². The van der Waals surface area contributed by atoms with Gasteiger partial charge in [0.2, 0.25) is 11.8 Å². The summed E-state index contributed by atoms with van der Waals surface area (Å²) in [6, 6.07) is -2.53. The van der Waals surface area contributed by atoms with Crippen LogP contribution >= 0.6 is 0 Å². The van der Waals surface area contributed by atoms with Crippen molar-refractivity contribution < 1.29 is 19.5 Å². The van der Waals surface area contributed by atoms with Gasteiger partial charge in [-0.2, -0.15) is 0 Å². The highest BCUT2D eigenvalue weighted by molar-refractivity contribution is 5.91. The third kappa shape index (κ3) is 9.14. The summed E-state index contributed by atoms with van der Waals surface area (Å²) in [7, 11) is 0. The van der Waals surface area contributed by atoms with Gasteiger partial charge in [0.25, 0.3) is 0 Å². The Morgan fingerprint density at radius 2 is 1.65 bits per heavy atom. The Morgan fingerprint density at radius 3 is 2.13 bits per heavy atom. The lowest BCUT2D eigenvalue weighted by molar-refractivity contribution is -0.142. The lowest BCUT2D eigenvalue weighted by atomic mass is 10.0. The Bertz CT molecular complexity index is 401. The molecule has 0 bridgehead atoms. The second-order valence-electron chi connectivity index (χ2n) is 6.15. The first kappa shape index (κ1) is 21.3. The van der Waals surface area contributed by atoms with Gasteiger partial charge in [0.05, 0.1) is 6.04 Å². The molecular formula is C15H30N4O4. The lowest BCUT2D eigenvalue weighted by Gasteiger charge is -2.20. The van der Waals surface area contributed by atoms with E-state index >= 15 is 0 Å². The molecular weight excluding hydrogens is 300 g/mol. The highest BCUT2D eigenvalue weighted by Crippen LogP contribution is 2.04. The lowest BCUT2D eigenvalue weighted by Crippen LogP contribution is -2.53. The molecule has 0 aromatic heterocycles. The van der Waals surface area contributed by atoms with Gasteiger partial charge >= 0.3 is 5.97 Å². The van der Waals surface area contributed by atoms with Gasteiger partial charge in [-0.25, -0.2) is 4.79 Å². The fraction of sp³-hybridized carbons (Fsp3) is 0.800. The summed E-state index contributed by atoms with van der Waals surface area (Å²) in [5, 5.41) is 14.1. The number of amides is 2. The number of nitrogens with one attached hydrogen (secondary N) is 2. The van der Waals surface area contributed by atoms with Gasteiger partial charge in [0.15, 0.2) is 0 Å². The molecule has 0 heterocycles. The maximum absolute atomic E-state index is 12.0. The van der Waals surface area contributed by atoms with Gasteiger partial charge in [-0.1, -0.05) is 13.8 Å². The standard InChI is InChI=1S/C15H30N4O4/c1-9(2)8-11(17)14(21)18-10(3)13(20)19-12(15(22)23)6-4-5-7-16/h9-12H,4-8,16-17H2,1-3H3,(H,18,21)(H,19,20)(H,22,23). The molecule has 8 nitrogen and oxygen atoms in total. The van der Waals surface area contributed by atoms with Crippen LogP contribution in [0.5, 0.6) is 0 Å². The van der Waals surface area contributed by atoms with E-state index in [1.165, 1.54) is 6.92 Å². The van der Waals surface area contributed by atoms with Crippen molar-refractivity contribution in [2.75, 3.05) is 6.54 Å². The average molecular weight is 330 g/mol. The van der Waals surface area contributed by atoms with Crippen molar-refractivity contribution in [3.05, 3.63) is 0 Å². The predicted octanol–water partition coefficient (Wildman–Crippen LogP) is -0.437. The highest BCUT2D eigenvalue weighted by Gasteiger charge is 2.25. The van der Waals surface area contributed by atoms with E-state index in [4.69, 9.17) is 16.6 Å². The van der Waals surface area contributed by atoms with Gasteiger partial charge in [0.1, 0.15) is 12.1 Å². The molecule has 0 aliphatic heterocycles. The maximum atomic E-state index is 12.0. The number of nitrogens with two attached hydrogens (primary N) is 2. The Morgan fingerprint density at radius 1 is 1.04 bits per heavy atom. The SMILES string of the molecule is CC(C)CC(N)C(=O)NC(C)C(=O)NC(CCCCN)C(=O)O. The first-order chi connectivity index (χ1) is 10.7. The number of unbranched alkanes of at least 4 members (excludes halogenated alkanes) is 1. The number of carbonyl (C=O) groups is 3. The van der Waals surface area contributed by atoms with Gasteiger partial charge < -0.3 is 27.2 Å². The first-order valence-corrected chi connectivity index (χ1v) is 7.98. The summed E-state index contributed by atoms with van der Waals surface area (Å²) in [5.41, 5.74) is 11.1. The van der Waals surface area contributed by atoms with Crippen LogP contribution in [0.3, 0.4) is 0 Å². The minimum atomic E-state index is -1.11. The molecule has 0 aliphatic carbocycles. The first-order valence-electron chi connectivity index (χ1n) is 7.98. The zero-order chi connectivity index (χ0) is 18.0. The monoisotopic (exact) mass is 330 g/mol. The fourth-order valence-electron chi connectivity index (χ4n) is 2.05. The Balaban J connectivity index is 4.45. The molecule has 0 aromatic rings. The minimum Gasteiger partial charge on any atom is -0.480 e. The number of carboxylic acid groups (broad SMARTS) is 1.